The maximum absolute atomic E-state index is 10.9. The monoisotopic (exact) mass is 340 g/mol. The lowest BCUT2D eigenvalue weighted by Crippen LogP contribution is -2.46. The second kappa shape index (κ2) is 4.95. The first kappa shape index (κ1) is 16.8. The molecule has 0 saturated carbocycles. The van der Waals surface area contributed by atoms with E-state index in [0.29, 0.717) is 0 Å². The van der Waals surface area contributed by atoms with E-state index in [4.69, 9.17) is 33.5 Å². The Morgan fingerprint density at radius 3 is 2.36 bits per heavy atom. The Kier molecular flexibility index (Phi) is 3.77. The molecule has 0 aromatic rings. The number of phosphoric ester groups is 1. The molecular weight excluding hydrogens is 319 g/mol. The zero-order valence-electron chi connectivity index (χ0n) is 12.8. The van der Waals surface area contributed by atoms with Crippen LogP contribution in [0, 0.1) is 0 Å². The van der Waals surface area contributed by atoms with Gasteiger partial charge in [0.25, 0.3) is 0 Å². The van der Waals surface area contributed by atoms with Crippen molar-refractivity contribution >= 4 is 7.82 Å². The van der Waals surface area contributed by atoms with Gasteiger partial charge in [0, 0.05) is 0 Å². The van der Waals surface area contributed by atoms with Gasteiger partial charge >= 0.3 is 7.82 Å². The minimum atomic E-state index is -4.60. The van der Waals surface area contributed by atoms with E-state index in [9.17, 15) is 4.57 Å². The van der Waals surface area contributed by atoms with Gasteiger partial charge in [0.15, 0.2) is 11.6 Å². The smallest absolute Gasteiger partial charge is 0.345 e. The molecule has 3 aliphatic heterocycles. The van der Waals surface area contributed by atoms with Crippen LogP contribution in [-0.2, 0) is 32.8 Å². The maximum atomic E-state index is 10.9. The second-order valence-electron chi connectivity index (χ2n) is 6.57. The minimum Gasteiger partial charge on any atom is -0.345 e. The average molecular weight is 340 g/mol. The first-order valence-corrected chi connectivity index (χ1v) is 8.52. The summed E-state index contributed by atoms with van der Waals surface area (Å²) in [7, 11) is -4.60. The van der Waals surface area contributed by atoms with Gasteiger partial charge in [0.2, 0.25) is 5.79 Å². The van der Waals surface area contributed by atoms with Gasteiger partial charge in [-0.1, -0.05) is 0 Å². The Hall–Kier alpha value is -0.0900. The van der Waals surface area contributed by atoms with E-state index in [1.807, 2.05) is 0 Å². The SMILES string of the molecule is CC1(C)O[C@H]2[C@@H](O1)[C@@]1(COC(C)(C)O1)O[C@@H]2COP(=O)(O)O. The van der Waals surface area contributed by atoms with Crippen LogP contribution in [0.15, 0.2) is 0 Å². The summed E-state index contributed by atoms with van der Waals surface area (Å²) in [6, 6.07) is 0. The highest BCUT2D eigenvalue weighted by Gasteiger charge is 2.67. The average Bonchev–Trinajstić information content (AvgIpc) is 2.89. The topological polar surface area (TPSA) is 113 Å². The van der Waals surface area contributed by atoms with Crippen molar-refractivity contribution in [2.24, 2.45) is 0 Å². The van der Waals surface area contributed by atoms with Crippen molar-refractivity contribution in [1.82, 2.24) is 0 Å². The highest BCUT2D eigenvalue weighted by atomic mass is 31.2. The van der Waals surface area contributed by atoms with Gasteiger partial charge in [0.1, 0.15) is 24.9 Å². The normalized spacial score (nSPS) is 42.9. The number of hydrogen-bond acceptors (Lipinski definition) is 7. The predicted molar refractivity (Wildman–Crippen MR) is 70.5 cm³/mol. The fourth-order valence-corrected chi connectivity index (χ4v) is 3.38. The van der Waals surface area contributed by atoms with Crippen LogP contribution in [0.25, 0.3) is 0 Å². The first-order valence-electron chi connectivity index (χ1n) is 6.99. The van der Waals surface area contributed by atoms with E-state index in [1.165, 1.54) is 0 Å². The first-order chi connectivity index (χ1) is 9.92. The summed E-state index contributed by atoms with van der Waals surface area (Å²) in [5.41, 5.74) is 0. The number of ether oxygens (including phenoxy) is 5. The molecule has 0 aliphatic carbocycles. The Bertz CT molecular complexity index is 501. The minimum absolute atomic E-state index is 0.132. The molecule has 9 nitrogen and oxygen atoms in total. The lowest BCUT2D eigenvalue weighted by molar-refractivity contribution is -0.297. The summed E-state index contributed by atoms with van der Waals surface area (Å²) >= 11 is 0. The van der Waals surface area contributed by atoms with Crippen molar-refractivity contribution in [3.8, 4) is 0 Å². The van der Waals surface area contributed by atoms with Gasteiger partial charge in [-0.15, -0.1) is 0 Å². The van der Waals surface area contributed by atoms with E-state index >= 15 is 0 Å². The van der Waals surface area contributed by atoms with Crippen LogP contribution in [0.2, 0.25) is 0 Å². The predicted octanol–water partition coefficient (Wildman–Crippen LogP) is 0.494. The summed E-state index contributed by atoms with van der Waals surface area (Å²) in [6.45, 7) is 6.80. The van der Waals surface area contributed by atoms with Crippen molar-refractivity contribution in [1.29, 1.82) is 0 Å². The van der Waals surface area contributed by atoms with Crippen molar-refractivity contribution in [2.45, 2.75) is 63.4 Å². The number of rotatable bonds is 3. The van der Waals surface area contributed by atoms with Crippen molar-refractivity contribution in [3.05, 3.63) is 0 Å². The van der Waals surface area contributed by atoms with Crippen molar-refractivity contribution < 1.29 is 42.6 Å². The molecule has 3 heterocycles. The third kappa shape index (κ3) is 3.10. The Labute approximate surface area is 128 Å². The van der Waals surface area contributed by atoms with Crippen molar-refractivity contribution in [3.63, 3.8) is 0 Å². The van der Waals surface area contributed by atoms with Crippen LogP contribution in [-0.4, -0.2) is 58.7 Å². The molecule has 0 bridgehead atoms. The van der Waals surface area contributed by atoms with E-state index in [2.05, 4.69) is 4.52 Å². The van der Waals surface area contributed by atoms with Gasteiger partial charge in [-0.05, 0) is 27.7 Å². The largest absolute Gasteiger partial charge is 0.469 e. The summed E-state index contributed by atoms with van der Waals surface area (Å²) < 4.78 is 44.4. The van der Waals surface area contributed by atoms with Crippen LogP contribution < -0.4 is 0 Å². The molecule has 3 saturated heterocycles. The molecule has 3 rings (SSSR count). The third-order valence-electron chi connectivity index (χ3n) is 3.73. The quantitative estimate of drug-likeness (QED) is 0.709. The molecule has 22 heavy (non-hydrogen) atoms. The van der Waals surface area contributed by atoms with Crippen LogP contribution in [0.1, 0.15) is 27.7 Å². The summed E-state index contributed by atoms with van der Waals surface area (Å²) in [5, 5.41) is 0. The summed E-state index contributed by atoms with van der Waals surface area (Å²) in [5.74, 6) is -2.88. The van der Waals surface area contributed by atoms with Crippen LogP contribution in [0.4, 0.5) is 0 Å². The molecule has 4 atom stereocenters. The highest BCUT2D eigenvalue weighted by molar-refractivity contribution is 7.46. The standard InChI is InChI=1S/C12H21O9P/c1-10(2)16-6-12(21-10)9-8(19-11(3,4)20-9)7(18-12)5-17-22(13,14)15/h7-9H,5-6H2,1-4H3,(H2,13,14,15)/t7-,8-,9-,12+/m1/s1. The Morgan fingerprint density at radius 1 is 1.14 bits per heavy atom. The Balaban J connectivity index is 1.81. The van der Waals surface area contributed by atoms with Crippen LogP contribution >= 0.6 is 7.82 Å². The zero-order chi connectivity index (χ0) is 16.4. The molecular formula is C12H21O9P. The van der Waals surface area contributed by atoms with E-state index < -0.39 is 43.5 Å². The highest BCUT2D eigenvalue weighted by Crippen LogP contribution is 2.50. The molecule has 0 amide bonds. The molecule has 0 aromatic carbocycles. The maximum Gasteiger partial charge on any atom is 0.469 e. The zero-order valence-corrected chi connectivity index (χ0v) is 13.7. The van der Waals surface area contributed by atoms with Gasteiger partial charge in [0.05, 0.1) is 6.61 Å². The number of fused-ring (bicyclic) bond motifs is 2. The van der Waals surface area contributed by atoms with E-state index in [0.717, 1.165) is 0 Å². The fraction of sp³-hybridized carbons (Fsp3) is 1.00. The van der Waals surface area contributed by atoms with Crippen LogP contribution in [0.3, 0.4) is 0 Å². The van der Waals surface area contributed by atoms with Crippen LogP contribution in [0.5, 0.6) is 0 Å². The Morgan fingerprint density at radius 2 is 1.82 bits per heavy atom. The van der Waals surface area contributed by atoms with Gasteiger partial charge < -0.3 is 33.5 Å². The van der Waals surface area contributed by atoms with Gasteiger partial charge in [-0.25, -0.2) is 4.57 Å². The molecule has 1 spiro atoms. The number of phosphoric acid groups is 1. The van der Waals surface area contributed by atoms with E-state index in [-0.39, 0.29) is 13.2 Å². The van der Waals surface area contributed by atoms with Crippen molar-refractivity contribution in [2.75, 3.05) is 13.2 Å². The molecule has 10 heteroatoms. The van der Waals surface area contributed by atoms with Gasteiger partial charge in [-0.3, -0.25) is 4.52 Å². The van der Waals surface area contributed by atoms with E-state index in [1.54, 1.807) is 27.7 Å². The molecule has 2 N–H and O–H groups in total. The summed E-state index contributed by atoms with van der Waals surface area (Å²) in [4.78, 5) is 17.7. The molecule has 0 unspecified atom stereocenters. The second-order valence-corrected chi connectivity index (χ2v) is 7.81. The lowest BCUT2D eigenvalue weighted by Gasteiger charge is -2.30. The summed E-state index contributed by atoms with van der Waals surface area (Å²) in [6.07, 6.45) is -1.88. The third-order valence-corrected chi connectivity index (χ3v) is 4.21. The molecule has 128 valence electrons. The molecule has 0 radical (unpaired) electrons. The molecule has 3 fully saturated rings. The number of hydrogen-bond donors (Lipinski definition) is 2. The molecule has 3 aliphatic rings. The van der Waals surface area contributed by atoms with Gasteiger partial charge in [-0.2, -0.15) is 0 Å². The fourth-order valence-electron chi connectivity index (χ4n) is 3.04. The molecule has 0 aromatic heterocycles. The lowest BCUT2D eigenvalue weighted by atomic mass is 10.1.